The van der Waals surface area contributed by atoms with Gasteiger partial charge in [0.1, 0.15) is 11.8 Å². The maximum atomic E-state index is 12.3. The van der Waals surface area contributed by atoms with E-state index in [9.17, 15) is 13.2 Å². The Balaban J connectivity index is 1.90. The number of sulfonamides is 1. The van der Waals surface area contributed by atoms with E-state index in [4.69, 9.17) is 4.42 Å². The normalized spacial score (nSPS) is 17.2. The molecule has 2 heterocycles. The van der Waals surface area contributed by atoms with Gasteiger partial charge >= 0.3 is 0 Å². The molecule has 0 saturated heterocycles. The molecule has 0 bridgehead atoms. The minimum absolute atomic E-state index is 0.00246. The molecular weight excluding hydrogens is 354 g/mol. The van der Waals surface area contributed by atoms with Gasteiger partial charge in [0.05, 0.1) is 17.7 Å². The molecule has 0 aliphatic carbocycles. The largest absolute Gasteiger partial charge is 0.467 e. The maximum absolute atomic E-state index is 12.3. The number of carbonyl (C=O) groups excluding carboxylic acids is 1. The molecule has 1 aromatic carbocycles. The average molecular weight is 375 g/mol. The third-order valence-corrected chi connectivity index (χ3v) is 5.50. The van der Waals surface area contributed by atoms with Crippen molar-refractivity contribution in [2.75, 3.05) is 10.5 Å². The van der Waals surface area contributed by atoms with Crippen molar-refractivity contribution in [2.45, 2.75) is 32.7 Å². The Kier molecular flexibility index (Phi) is 5.13. The monoisotopic (exact) mass is 375 g/mol. The van der Waals surface area contributed by atoms with Crippen LogP contribution in [0.1, 0.15) is 44.1 Å². The van der Waals surface area contributed by atoms with Crippen LogP contribution >= 0.6 is 0 Å². The number of nitrogens with zero attached hydrogens (tertiary/aromatic N) is 2. The van der Waals surface area contributed by atoms with Crippen molar-refractivity contribution in [2.24, 2.45) is 5.10 Å². The predicted molar refractivity (Wildman–Crippen MR) is 99.3 cm³/mol. The summed E-state index contributed by atoms with van der Waals surface area (Å²) < 4.78 is 31.6. The number of nitrogens with one attached hydrogen (secondary N) is 1. The summed E-state index contributed by atoms with van der Waals surface area (Å²) in [4.78, 5) is 12.3. The Morgan fingerprint density at radius 1 is 1.31 bits per heavy atom. The van der Waals surface area contributed by atoms with E-state index in [1.807, 2.05) is 12.1 Å². The number of hydrogen-bond acceptors (Lipinski definition) is 5. The lowest BCUT2D eigenvalue weighted by atomic mass is 10.0. The molecular formula is C18H21N3O4S. The molecule has 1 aromatic heterocycles. The van der Waals surface area contributed by atoms with Gasteiger partial charge in [-0.3, -0.25) is 9.52 Å². The number of benzene rings is 1. The average Bonchev–Trinajstić information content (AvgIpc) is 3.30. The molecule has 0 spiro atoms. The summed E-state index contributed by atoms with van der Waals surface area (Å²) in [6.07, 6.45) is 2.41. The number of furan rings is 1. The first-order valence-corrected chi connectivity index (χ1v) is 10.1. The van der Waals surface area contributed by atoms with E-state index in [0.717, 1.165) is 5.56 Å². The number of hydrogen-bond donors (Lipinski definition) is 1. The molecule has 1 amide bonds. The van der Waals surface area contributed by atoms with Crippen molar-refractivity contribution in [3.05, 3.63) is 54.0 Å². The molecule has 26 heavy (non-hydrogen) atoms. The van der Waals surface area contributed by atoms with Crippen LogP contribution in [0.2, 0.25) is 0 Å². The van der Waals surface area contributed by atoms with Gasteiger partial charge < -0.3 is 4.42 Å². The topological polar surface area (TPSA) is 92.0 Å². The van der Waals surface area contributed by atoms with Gasteiger partial charge in [0.25, 0.3) is 0 Å². The number of amides is 1. The van der Waals surface area contributed by atoms with Crippen molar-refractivity contribution in [3.8, 4) is 0 Å². The van der Waals surface area contributed by atoms with Crippen molar-refractivity contribution in [1.29, 1.82) is 0 Å². The Morgan fingerprint density at radius 3 is 2.77 bits per heavy atom. The molecule has 2 aromatic rings. The van der Waals surface area contributed by atoms with Gasteiger partial charge in [0.2, 0.25) is 15.9 Å². The maximum Gasteiger partial charge on any atom is 0.243 e. The summed E-state index contributed by atoms with van der Waals surface area (Å²) in [7, 11) is -3.36. The lowest BCUT2D eigenvalue weighted by molar-refractivity contribution is -0.133. The van der Waals surface area contributed by atoms with Gasteiger partial charge in [-0.2, -0.15) is 5.10 Å². The summed E-state index contributed by atoms with van der Waals surface area (Å²) in [6.45, 7) is 3.37. The molecule has 1 N–H and O–H groups in total. The second-order valence-electron chi connectivity index (χ2n) is 5.96. The van der Waals surface area contributed by atoms with Crippen LogP contribution in [0.5, 0.6) is 0 Å². The van der Waals surface area contributed by atoms with Crippen LogP contribution in [0.4, 0.5) is 5.69 Å². The second-order valence-corrected chi connectivity index (χ2v) is 7.97. The smallest absolute Gasteiger partial charge is 0.243 e. The van der Waals surface area contributed by atoms with Crippen LogP contribution in [0.25, 0.3) is 0 Å². The fraction of sp³-hybridized carbons (Fsp3) is 0.333. The van der Waals surface area contributed by atoms with Crippen LogP contribution in [-0.2, 0) is 14.8 Å². The minimum atomic E-state index is -3.36. The first-order valence-electron chi connectivity index (χ1n) is 8.47. The highest BCUT2D eigenvalue weighted by Crippen LogP contribution is 2.33. The van der Waals surface area contributed by atoms with Gasteiger partial charge in [0, 0.05) is 18.5 Å². The van der Waals surface area contributed by atoms with E-state index in [1.54, 1.807) is 44.4 Å². The zero-order valence-electron chi connectivity index (χ0n) is 14.7. The fourth-order valence-corrected chi connectivity index (χ4v) is 3.42. The fourth-order valence-electron chi connectivity index (χ4n) is 2.79. The number of carbonyl (C=O) groups is 1. The Morgan fingerprint density at radius 2 is 2.12 bits per heavy atom. The van der Waals surface area contributed by atoms with Crippen LogP contribution in [0, 0.1) is 0 Å². The number of anilines is 1. The van der Waals surface area contributed by atoms with Crippen LogP contribution in [0.3, 0.4) is 0 Å². The molecule has 1 aliphatic heterocycles. The zero-order valence-corrected chi connectivity index (χ0v) is 15.5. The third-order valence-electron chi connectivity index (χ3n) is 4.19. The van der Waals surface area contributed by atoms with E-state index in [2.05, 4.69) is 9.82 Å². The third kappa shape index (κ3) is 3.80. The van der Waals surface area contributed by atoms with Crippen LogP contribution in [0.15, 0.2) is 52.2 Å². The van der Waals surface area contributed by atoms with Crippen molar-refractivity contribution in [3.63, 3.8) is 0 Å². The van der Waals surface area contributed by atoms with E-state index in [1.165, 1.54) is 5.01 Å². The molecule has 8 heteroatoms. The lowest BCUT2D eigenvalue weighted by Crippen LogP contribution is -2.25. The first kappa shape index (κ1) is 18.2. The first-order chi connectivity index (χ1) is 12.4. The van der Waals surface area contributed by atoms with Crippen LogP contribution in [-0.4, -0.2) is 30.8 Å². The summed E-state index contributed by atoms with van der Waals surface area (Å²) in [6, 6.07) is 10.3. The van der Waals surface area contributed by atoms with E-state index < -0.39 is 10.0 Å². The van der Waals surface area contributed by atoms with E-state index in [-0.39, 0.29) is 17.7 Å². The highest BCUT2D eigenvalue weighted by Gasteiger charge is 2.34. The predicted octanol–water partition coefficient (Wildman–Crippen LogP) is 3.13. The summed E-state index contributed by atoms with van der Waals surface area (Å²) in [5.41, 5.74) is 1.96. The summed E-state index contributed by atoms with van der Waals surface area (Å²) >= 11 is 0. The Hall–Kier alpha value is -2.61. The van der Waals surface area contributed by atoms with Gasteiger partial charge in [0.15, 0.2) is 0 Å². The van der Waals surface area contributed by atoms with Crippen molar-refractivity contribution >= 4 is 27.3 Å². The molecule has 0 saturated carbocycles. The second kappa shape index (κ2) is 7.33. The lowest BCUT2D eigenvalue weighted by Gasteiger charge is -2.18. The van der Waals surface area contributed by atoms with Gasteiger partial charge in [-0.15, -0.1) is 0 Å². The van der Waals surface area contributed by atoms with Gasteiger partial charge in [-0.1, -0.05) is 19.1 Å². The Bertz CT molecular complexity index is 920. The SMILES string of the molecule is CCC(=O)N1N=C(c2cccc(NS(=O)(=O)CC)c2)C[C@@H]1c1ccco1. The minimum Gasteiger partial charge on any atom is -0.467 e. The molecule has 0 radical (unpaired) electrons. The number of hydrazone groups is 1. The molecule has 138 valence electrons. The zero-order chi connectivity index (χ0) is 18.7. The molecule has 3 rings (SSSR count). The van der Waals surface area contributed by atoms with E-state index in [0.29, 0.717) is 30.0 Å². The highest BCUT2D eigenvalue weighted by atomic mass is 32.2. The van der Waals surface area contributed by atoms with Crippen molar-refractivity contribution in [1.82, 2.24) is 5.01 Å². The van der Waals surface area contributed by atoms with Crippen molar-refractivity contribution < 1.29 is 17.6 Å². The van der Waals surface area contributed by atoms with E-state index >= 15 is 0 Å². The molecule has 1 aliphatic rings. The summed E-state index contributed by atoms with van der Waals surface area (Å²) in [5.74, 6) is 0.579. The quantitative estimate of drug-likeness (QED) is 0.839. The number of rotatable bonds is 6. The molecule has 1 atom stereocenters. The van der Waals surface area contributed by atoms with Crippen LogP contribution < -0.4 is 4.72 Å². The highest BCUT2D eigenvalue weighted by molar-refractivity contribution is 7.92. The molecule has 7 nitrogen and oxygen atoms in total. The molecule has 0 fully saturated rings. The standard InChI is InChI=1S/C18H21N3O4S/c1-3-18(22)21-16(17-9-6-10-25-17)12-15(19-21)13-7-5-8-14(11-13)20-26(23,24)4-2/h5-11,16,20H,3-4,12H2,1-2H3/t16-/m1/s1. The molecule has 0 unspecified atom stereocenters. The van der Waals surface area contributed by atoms with Gasteiger partial charge in [-0.05, 0) is 36.8 Å². The Labute approximate surface area is 152 Å². The summed E-state index contributed by atoms with van der Waals surface area (Å²) in [5, 5.41) is 5.94. The van der Waals surface area contributed by atoms with Gasteiger partial charge in [-0.25, -0.2) is 13.4 Å².